The molecule has 86 valence electrons. The van der Waals surface area contributed by atoms with E-state index in [1.54, 1.807) is 22.8 Å². The number of hydrogen-bond acceptors (Lipinski definition) is 5. The number of imidazole rings is 1. The van der Waals surface area contributed by atoms with Crippen molar-refractivity contribution >= 4 is 21.4 Å². The van der Waals surface area contributed by atoms with Gasteiger partial charge in [0, 0.05) is 5.56 Å². The number of nitrogen functional groups attached to an aromatic ring is 1. The summed E-state index contributed by atoms with van der Waals surface area (Å²) in [5.41, 5.74) is 4.08. The smallest absolute Gasteiger partial charge is 0.219 e. The number of halogens is 1. The van der Waals surface area contributed by atoms with Gasteiger partial charge in [-0.05, 0) is 24.3 Å². The molecule has 5 nitrogen and oxygen atoms in total. The molecule has 3 rings (SSSR count). The van der Waals surface area contributed by atoms with E-state index in [9.17, 15) is 4.39 Å². The highest BCUT2D eigenvalue weighted by Gasteiger charge is 2.08. The van der Waals surface area contributed by atoms with Gasteiger partial charge in [0.1, 0.15) is 5.82 Å². The zero-order valence-corrected chi connectivity index (χ0v) is 9.41. The number of benzene rings is 1. The van der Waals surface area contributed by atoms with Crippen LogP contribution in [0.5, 0.6) is 0 Å². The predicted octanol–water partition coefficient (Wildman–Crippen LogP) is 1.88. The van der Waals surface area contributed by atoms with E-state index in [1.165, 1.54) is 23.5 Å². The van der Waals surface area contributed by atoms with Crippen LogP contribution in [0.3, 0.4) is 0 Å². The number of rotatable bonds is 2. The molecule has 3 aromatic rings. The minimum absolute atomic E-state index is 0.262. The third-order valence-corrected chi connectivity index (χ3v) is 3.16. The van der Waals surface area contributed by atoms with Gasteiger partial charge in [-0.3, -0.25) is 5.43 Å². The maximum absolute atomic E-state index is 12.8. The van der Waals surface area contributed by atoms with Gasteiger partial charge in [0.15, 0.2) is 0 Å². The maximum Gasteiger partial charge on any atom is 0.219 e. The molecule has 0 fully saturated rings. The van der Waals surface area contributed by atoms with Gasteiger partial charge in [-0.15, -0.1) is 5.10 Å². The molecule has 17 heavy (non-hydrogen) atoms. The quantitative estimate of drug-likeness (QED) is 0.537. The number of fused-ring (bicyclic) bond motifs is 1. The number of hydrazine groups is 1. The van der Waals surface area contributed by atoms with Gasteiger partial charge in [0.2, 0.25) is 10.1 Å². The van der Waals surface area contributed by atoms with Crippen LogP contribution in [0.2, 0.25) is 0 Å². The maximum atomic E-state index is 12.8. The first-order valence-electron chi connectivity index (χ1n) is 4.85. The van der Waals surface area contributed by atoms with E-state index in [4.69, 9.17) is 5.84 Å². The lowest BCUT2D eigenvalue weighted by Gasteiger charge is -1.94. The second-order valence-electron chi connectivity index (χ2n) is 3.41. The van der Waals surface area contributed by atoms with Crippen LogP contribution in [0, 0.1) is 5.82 Å². The molecule has 0 atom stereocenters. The molecule has 0 amide bonds. The van der Waals surface area contributed by atoms with Crippen molar-refractivity contribution in [2.24, 2.45) is 5.84 Å². The molecule has 0 aliphatic carbocycles. The van der Waals surface area contributed by atoms with E-state index in [1.807, 2.05) is 0 Å². The van der Waals surface area contributed by atoms with E-state index >= 15 is 0 Å². The van der Waals surface area contributed by atoms with Crippen molar-refractivity contribution in [3.8, 4) is 11.3 Å². The van der Waals surface area contributed by atoms with Crippen LogP contribution in [0.15, 0.2) is 30.5 Å². The molecule has 1 aromatic carbocycles. The van der Waals surface area contributed by atoms with Crippen LogP contribution in [-0.2, 0) is 0 Å². The summed E-state index contributed by atoms with van der Waals surface area (Å²) in [6.45, 7) is 0. The second-order valence-corrected chi connectivity index (χ2v) is 4.37. The highest BCUT2D eigenvalue weighted by atomic mass is 32.1. The summed E-state index contributed by atoms with van der Waals surface area (Å²) in [7, 11) is 0. The van der Waals surface area contributed by atoms with Crippen molar-refractivity contribution in [3.63, 3.8) is 0 Å². The Balaban J connectivity index is 2.06. The normalized spacial score (nSPS) is 10.9. The number of hydrogen-bond donors (Lipinski definition) is 2. The Kier molecular flexibility index (Phi) is 2.27. The van der Waals surface area contributed by atoms with Gasteiger partial charge in [0.05, 0.1) is 11.9 Å². The first kappa shape index (κ1) is 10.2. The fourth-order valence-electron chi connectivity index (χ4n) is 1.52. The van der Waals surface area contributed by atoms with Crippen molar-refractivity contribution in [1.29, 1.82) is 0 Å². The number of anilines is 1. The summed E-state index contributed by atoms with van der Waals surface area (Å²) in [5.74, 6) is 4.99. The third-order valence-electron chi connectivity index (χ3n) is 2.31. The number of nitrogens with zero attached hydrogens (tertiary/aromatic N) is 3. The Labute approximate surface area is 99.7 Å². The van der Waals surface area contributed by atoms with Gasteiger partial charge < -0.3 is 0 Å². The van der Waals surface area contributed by atoms with Crippen molar-refractivity contribution in [2.75, 3.05) is 5.43 Å². The SMILES string of the molecule is NNc1nn2cc(-c3ccc(F)cc3)nc2s1. The molecule has 0 bridgehead atoms. The molecule has 0 aliphatic rings. The summed E-state index contributed by atoms with van der Waals surface area (Å²) in [6.07, 6.45) is 1.78. The number of nitrogens with one attached hydrogen (secondary N) is 1. The Morgan fingerprint density at radius 1 is 1.29 bits per heavy atom. The highest BCUT2D eigenvalue weighted by molar-refractivity contribution is 7.20. The van der Waals surface area contributed by atoms with Crippen LogP contribution < -0.4 is 11.3 Å². The van der Waals surface area contributed by atoms with Gasteiger partial charge in [0.25, 0.3) is 0 Å². The highest BCUT2D eigenvalue weighted by Crippen LogP contribution is 2.23. The second kappa shape index (κ2) is 3.79. The zero-order valence-electron chi connectivity index (χ0n) is 8.59. The Morgan fingerprint density at radius 3 is 2.71 bits per heavy atom. The van der Waals surface area contributed by atoms with Crippen molar-refractivity contribution in [3.05, 3.63) is 36.3 Å². The average Bonchev–Trinajstić information content (AvgIpc) is 2.87. The molecule has 0 saturated carbocycles. The molecule has 0 unspecified atom stereocenters. The Bertz CT molecular complexity index is 625. The molecule has 0 aliphatic heterocycles. The molecule has 0 spiro atoms. The van der Waals surface area contributed by atoms with Crippen molar-refractivity contribution < 1.29 is 4.39 Å². The number of nitrogens with two attached hydrogens (primary N) is 1. The average molecular weight is 249 g/mol. The van der Waals surface area contributed by atoms with E-state index in [2.05, 4.69) is 15.5 Å². The van der Waals surface area contributed by atoms with E-state index < -0.39 is 0 Å². The topological polar surface area (TPSA) is 68.2 Å². The first-order chi connectivity index (χ1) is 8.26. The van der Waals surface area contributed by atoms with Gasteiger partial charge in [-0.25, -0.2) is 19.7 Å². The van der Waals surface area contributed by atoms with Crippen molar-refractivity contribution in [2.45, 2.75) is 0 Å². The summed E-state index contributed by atoms with van der Waals surface area (Å²) < 4.78 is 14.4. The van der Waals surface area contributed by atoms with Crippen LogP contribution >= 0.6 is 11.3 Å². The molecule has 2 aromatic heterocycles. The van der Waals surface area contributed by atoms with Crippen molar-refractivity contribution in [1.82, 2.24) is 14.6 Å². The first-order valence-corrected chi connectivity index (χ1v) is 5.67. The predicted molar refractivity (Wildman–Crippen MR) is 64.1 cm³/mol. The largest absolute Gasteiger partial charge is 0.298 e. The van der Waals surface area contributed by atoms with E-state index in [0.717, 1.165) is 16.2 Å². The lowest BCUT2D eigenvalue weighted by atomic mass is 10.2. The molecule has 7 heteroatoms. The lowest BCUT2D eigenvalue weighted by Crippen LogP contribution is -2.06. The molecular formula is C10H8FN5S. The fourth-order valence-corrected chi connectivity index (χ4v) is 2.21. The zero-order chi connectivity index (χ0) is 11.8. The standard InChI is InChI=1S/C10H8FN5S/c11-7-3-1-6(2-4-7)8-5-16-10(13-8)17-9(14-12)15-16/h1-5H,12H2,(H,14,15). The van der Waals surface area contributed by atoms with Crippen LogP contribution in [0.1, 0.15) is 0 Å². The third kappa shape index (κ3) is 1.75. The van der Waals surface area contributed by atoms with Gasteiger partial charge >= 0.3 is 0 Å². The summed E-state index contributed by atoms with van der Waals surface area (Å²) >= 11 is 1.35. The fraction of sp³-hybridized carbons (Fsp3) is 0. The summed E-state index contributed by atoms with van der Waals surface area (Å²) in [5, 5.41) is 4.75. The summed E-state index contributed by atoms with van der Waals surface area (Å²) in [4.78, 5) is 5.12. The number of aromatic nitrogens is 3. The Hall–Kier alpha value is -1.99. The van der Waals surface area contributed by atoms with Gasteiger partial charge in [-0.1, -0.05) is 11.3 Å². The molecule has 2 heterocycles. The minimum Gasteiger partial charge on any atom is -0.298 e. The van der Waals surface area contributed by atoms with E-state index in [0.29, 0.717) is 5.13 Å². The molecular weight excluding hydrogens is 241 g/mol. The molecule has 0 saturated heterocycles. The van der Waals surface area contributed by atoms with E-state index in [-0.39, 0.29) is 5.82 Å². The summed E-state index contributed by atoms with van der Waals surface area (Å²) in [6, 6.07) is 6.18. The minimum atomic E-state index is -0.262. The van der Waals surface area contributed by atoms with Crippen LogP contribution in [0.4, 0.5) is 9.52 Å². The molecule has 3 N–H and O–H groups in total. The lowest BCUT2D eigenvalue weighted by molar-refractivity contribution is 0.628. The van der Waals surface area contributed by atoms with Crippen LogP contribution in [-0.4, -0.2) is 14.6 Å². The monoisotopic (exact) mass is 249 g/mol. The molecule has 0 radical (unpaired) electrons. The van der Waals surface area contributed by atoms with Crippen LogP contribution in [0.25, 0.3) is 16.2 Å². The Morgan fingerprint density at radius 2 is 2.06 bits per heavy atom. The van der Waals surface area contributed by atoms with Gasteiger partial charge in [-0.2, -0.15) is 0 Å².